The molecule has 0 saturated carbocycles. The highest BCUT2D eigenvalue weighted by Gasteiger charge is 2.36. The Morgan fingerprint density at radius 2 is 2.11 bits per heavy atom. The van der Waals surface area contributed by atoms with E-state index >= 15 is 0 Å². The lowest BCUT2D eigenvalue weighted by Gasteiger charge is -2.16. The minimum absolute atomic E-state index is 0.0344. The lowest BCUT2D eigenvalue weighted by molar-refractivity contribution is 0.0696. The van der Waals surface area contributed by atoms with Crippen LogP contribution in [0.25, 0.3) is 10.8 Å². The molecule has 3 aromatic rings. The number of hydrogen-bond donors (Lipinski definition) is 1. The number of rotatable bonds is 5. The summed E-state index contributed by atoms with van der Waals surface area (Å²) in [5, 5.41) is 19.1. The average molecular weight is 405 g/mol. The van der Waals surface area contributed by atoms with Crippen LogP contribution in [0.4, 0.5) is 0 Å². The number of carbonyl (C=O) groups is 1. The second kappa shape index (κ2) is 6.87. The zero-order valence-corrected chi connectivity index (χ0v) is 15.6. The summed E-state index contributed by atoms with van der Waals surface area (Å²) in [6, 6.07) is 9.12. The Bertz CT molecular complexity index is 1080. The Balaban J connectivity index is 1.54. The molecule has 1 N–H and O–H groups in total. The molecule has 8 nitrogen and oxygen atoms in total. The molecule has 1 fully saturated rings. The van der Waals surface area contributed by atoms with Crippen molar-refractivity contribution in [3.05, 3.63) is 53.2 Å². The van der Waals surface area contributed by atoms with Gasteiger partial charge in [-0.3, -0.25) is 0 Å². The Morgan fingerprint density at radius 1 is 1.26 bits per heavy atom. The van der Waals surface area contributed by atoms with Gasteiger partial charge in [0.1, 0.15) is 0 Å². The number of carboxylic acid groups (broad SMARTS) is 1. The average Bonchev–Trinajstić information content (AvgIpc) is 3.41. The van der Waals surface area contributed by atoms with E-state index in [4.69, 9.17) is 9.52 Å². The molecule has 0 spiro atoms. The summed E-state index contributed by atoms with van der Waals surface area (Å²) in [5.41, 5.74) is -0.0655. The van der Waals surface area contributed by atoms with Gasteiger partial charge in [-0.1, -0.05) is 12.1 Å². The number of sulfonamides is 1. The molecular weight excluding hydrogens is 390 g/mol. The molecule has 1 aliphatic rings. The lowest BCUT2D eigenvalue weighted by atomic mass is 10.1. The van der Waals surface area contributed by atoms with Crippen LogP contribution < -0.4 is 0 Å². The van der Waals surface area contributed by atoms with Gasteiger partial charge in [-0.2, -0.15) is 4.31 Å². The molecule has 1 saturated heterocycles. The Morgan fingerprint density at radius 3 is 2.85 bits per heavy atom. The first kappa shape index (κ1) is 17.8. The van der Waals surface area contributed by atoms with Crippen LogP contribution in [0.1, 0.15) is 28.6 Å². The molecule has 0 bridgehead atoms. The maximum Gasteiger partial charge on any atom is 0.335 e. The molecule has 1 aliphatic heterocycles. The zero-order chi connectivity index (χ0) is 19.0. The zero-order valence-electron chi connectivity index (χ0n) is 14.0. The van der Waals surface area contributed by atoms with E-state index in [9.17, 15) is 13.2 Å². The summed E-state index contributed by atoms with van der Waals surface area (Å²) in [6.07, 6.45) is 0.559. The summed E-state index contributed by atoms with van der Waals surface area (Å²) >= 11 is 1.49. The van der Waals surface area contributed by atoms with E-state index < -0.39 is 16.0 Å². The fraction of sp³-hybridized carbons (Fsp3) is 0.235. The molecule has 1 aromatic carbocycles. The first-order chi connectivity index (χ1) is 12.9. The summed E-state index contributed by atoms with van der Waals surface area (Å²) in [5.74, 6) is -0.521. The number of thiophene rings is 1. The summed E-state index contributed by atoms with van der Waals surface area (Å²) in [4.78, 5) is 11.9. The maximum atomic E-state index is 12.8. The van der Waals surface area contributed by atoms with Crippen LogP contribution in [-0.4, -0.2) is 47.1 Å². The number of carboxylic acids is 1. The van der Waals surface area contributed by atoms with Crippen molar-refractivity contribution in [3.8, 4) is 10.8 Å². The van der Waals surface area contributed by atoms with Crippen molar-refractivity contribution < 1.29 is 22.7 Å². The molecule has 0 unspecified atom stereocenters. The van der Waals surface area contributed by atoms with Crippen LogP contribution in [0.2, 0.25) is 0 Å². The molecule has 10 heteroatoms. The predicted molar refractivity (Wildman–Crippen MR) is 97.1 cm³/mol. The van der Waals surface area contributed by atoms with Crippen LogP contribution in [0.3, 0.4) is 0 Å². The summed E-state index contributed by atoms with van der Waals surface area (Å²) in [7, 11) is -3.79. The topological polar surface area (TPSA) is 114 Å². The minimum atomic E-state index is -3.79. The van der Waals surface area contributed by atoms with Gasteiger partial charge in [0.15, 0.2) is 0 Å². The molecule has 4 rings (SSSR count). The number of nitrogens with zero attached hydrogens (tertiary/aromatic N) is 3. The van der Waals surface area contributed by atoms with Gasteiger partial charge < -0.3 is 9.52 Å². The van der Waals surface area contributed by atoms with E-state index in [-0.39, 0.29) is 22.9 Å². The Labute approximate surface area is 159 Å². The van der Waals surface area contributed by atoms with Crippen LogP contribution in [0, 0.1) is 0 Å². The quantitative estimate of drug-likeness (QED) is 0.694. The first-order valence-corrected chi connectivity index (χ1v) is 10.5. The minimum Gasteiger partial charge on any atom is -0.478 e. The number of aromatic nitrogens is 2. The third kappa shape index (κ3) is 3.38. The second-order valence-corrected chi connectivity index (χ2v) is 8.99. The second-order valence-electron chi connectivity index (χ2n) is 6.10. The van der Waals surface area contributed by atoms with Crippen LogP contribution in [0.5, 0.6) is 0 Å². The molecule has 0 radical (unpaired) electrons. The smallest absolute Gasteiger partial charge is 0.335 e. The molecule has 2 aromatic heterocycles. The van der Waals surface area contributed by atoms with Gasteiger partial charge in [-0.25, -0.2) is 13.2 Å². The van der Waals surface area contributed by atoms with Gasteiger partial charge >= 0.3 is 5.97 Å². The van der Waals surface area contributed by atoms with Gasteiger partial charge in [0, 0.05) is 13.1 Å². The fourth-order valence-corrected chi connectivity index (χ4v) is 5.18. The molecular formula is C17H15N3O5S2. The maximum absolute atomic E-state index is 12.8. The summed E-state index contributed by atoms with van der Waals surface area (Å²) in [6.45, 7) is 0.521. The van der Waals surface area contributed by atoms with Crippen molar-refractivity contribution in [2.45, 2.75) is 17.2 Å². The largest absolute Gasteiger partial charge is 0.478 e. The normalized spacial score (nSPS) is 18.0. The van der Waals surface area contributed by atoms with E-state index in [1.165, 1.54) is 39.9 Å². The van der Waals surface area contributed by atoms with Gasteiger partial charge in [0.25, 0.3) is 5.89 Å². The number of aromatic carboxylic acids is 1. The van der Waals surface area contributed by atoms with Crippen molar-refractivity contribution in [2.75, 3.05) is 13.1 Å². The molecule has 140 valence electrons. The molecule has 0 aliphatic carbocycles. The number of hydrogen-bond acceptors (Lipinski definition) is 7. The van der Waals surface area contributed by atoms with Gasteiger partial charge in [0.2, 0.25) is 15.9 Å². The molecule has 27 heavy (non-hydrogen) atoms. The van der Waals surface area contributed by atoms with Crippen molar-refractivity contribution in [1.29, 1.82) is 0 Å². The predicted octanol–water partition coefficient (Wildman–Crippen LogP) is 2.67. The van der Waals surface area contributed by atoms with Crippen LogP contribution in [-0.2, 0) is 10.0 Å². The lowest BCUT2D eigenvalue weighted by Crippen LogP contribution is -2.28. The van der Waals surface area contributed by atoms with Crippen LogP contribution in [0.15, 0.2) is 51.1 Å². The molecule has 3 heterocycles. The third-order valence-corrected chi connectivity index (χ3v) is 7.11. The standard InChI is InChI=1S/C17H15N3O5S2/c21-17(22)11-3-1-4-13(9-11)27(23,24)20-7-6-12(10-20)15-18-19-16(25-15)14-5-2-8-26-14/h1-5,8-9,12H,6-7,10H2,(H,21,22)/t12-/m0/s1. The van der Waals surface area contributed by atoms with Gasteiger partial charge in [0.05, 0.1) is 21.3 Å². The van der Waals surface area contributed by atoms with Gasteiger partial charge in [-0.15, -0.1) is 21.5 Å². The third-order valence-electron chi connectivity index (χ3n) is 4.39. The SMILES string of the molecule is O=C(O)c1cccc(S(=O)(=O)N2CC[C@H](c3nnc(-c4cccs4)o3)C2)c1. The summed E-state index contributed by atoms with van der Waals surface area (Å²) < 4.78 is 32.7. The fourth-order valence-electron chi connectivity index (χ4n) is 2.99. The van der Waals surface area contributed by atoms with E-state index in [0.717, 1.165) is 4.88 Å². The van der Waals surface area contributed by atoms with Crippen molar-refractivity contribution in [2.24, 2.45) is 0 Å². The highest BCUT2D eigenvalue weighted by Crippen LogP contribution is 2.32. The highest BCUT2D eigenvalue weighted by atomic mass is 32.2. The molecule has 1 atom stereocenters. The van der Waals surface area contributed by atoms with Crippen LogP contribution >= 0.6 is 11.3 Å². The van der Waals surface area contributed by atoms with E-state index in [0.29, 0.717) is 24.7 Å². The number of benzene rings is 1. The Hall–Kier alpha value is -2.56. The van der Waals surface area contributed by atoms with E-state index in [2.05, 4.69) is 10.2 Å². The first-order valence-electron chi connectivity index (χ1n) is 8.16. The van der Waals surface area contributed by atoms with E-state index in [1.807, 2.05) is 17.5 Å². The Kier molecular flexibility index (Phi) is 4.54. The highest BCUT2D eigenvalue weighted by molar-refractivity contribution is 7.89. The van der Waals surface area contributed by atoms with Crippen molar-refractivity contribution in [1.82, 2.24) is 14.5 Å². The monoisotopic (exact) mass is 405 g/mol. The molecule has 0 amide bonds. The van der Waals surface area contributed by atoms with Crippen molar-refractivity contribution >= 4 is 27.3 Å². The van der Waals surface area contributed by atoms with Crippen molar-refractivity contribution in [3.63, 3.8) is 0 Å². The van der Waals surface area contributed by atoms with E-state index in [1.54, 1.807) is 0 Å². The van der Waals surface area contributed by atoms with Gasteiger partial charge in [-0.05, 0) is 36.1 Å².